The average Bonchev–Trinajstić information content (AvgIpc) is 3.71. The molecule has 1 atom stereocenters. The van der Waals surface area contributed by atoms with E-state index in [-0.39, 0.29) is 17.7 Å². The third kappa shape index (κ3) is 9.22. The van der Waals surface area contributed by atoms with E-state index < -0.39 is 6.04 Å². The lowest BCUT2D eigenvalue weighted by Gasteiger charge is -2.26. The van der Waals surface area contributed by atoms with Gasteiger partial charge in [0.2, 0.25) is 5.91 Å². The monoisotopic (exact) mass is 891 g/mol. The van der Waals surface area contributed by atoms with E-state index in [9.17, 15) is 24.9 Å². The molecule has 13 heteroatoms. The molecule has 11 nitrogen and oxygen atoms in total. The van der Waals surface area contributed by atoms with Crippen molar-refractivity contribution in [3.63, 3.8) is 0 Å². The Kier molecular flexibility index (Phi) is 12.7. The summed E-state index contributed by atoms with van der Waals surface area (Å²) in [6.07, 6.45) is 1.96. The molecular weight excluding hydrogens is 851 g/mol. The van der Waals surface area contributed by atoms with Crippen molar-refractivity contribution >= 4 is 69.7 Å². The summed E-state index contributed by atoms with van der Waals surface area (Å²) >= 11 is 3.11. The van der Waals surface area contributed by atoms with Gasteiger partial charge in [-0.2, -0.15) is 10.5 Å². The van der Waals surface area contributed by atoms with Crippen molar-refractivity contribution in [2.45, 2.75) is 51.8 Å². The number of amides is 3. The number of rotatable bonds is 10. The molecule has 1 unspecified atom stereocenters. The SMILES string of the molecule is CCOCCNC(=O)c1ccc2c(c1)N=C(c1ccc(C#N)cc1)c1cc(N3CCCCC(NC(=O)c4ccc5c(c4)N=C(c4ccc(C#N)cc4)c4ccccc4S5)C3=O)ccc1S2. The number of nitriles is 2. The second kappa shape index (κ2) is 19.2. The number of hydrogen-bond donors (Lipinski definition) is 2. The van der Waals surface area contributed by atoms with Gasteiger partial charge in [0, 0.05) is 78.3 Å². The summed E-state index contributed by atoms with van der Waals surface area (Å²) in [6, 6.07) is 42.9. The highest BCUT2D eigenvalue weighted by atomic mass is 32.2. The molecule has 65 heavy (non-hydrogen) atoms. The van der Waals surface area contributed by atoms with Crippen LogP contribution in [0.3, 0.4) is 0 Å². The third-order valence-corrected chi connectivity index (χ3v) is 13.6. The highest BCUT2D eigenvalue weighted by molar-refractivity contribution is 7.99. The molecule has 3 aliphatic heterocycles. The first kappa shape index (κ1) is 43.0. The number of anilines is 1. The lowest BCUT2D eigenvalue weighted by molar-refractivity contribution is -0.120. The van der Waals surface area contributed by atoms with E-state index in [0.29, 0.717) is 77.8 Å². The molecule has 3 aliphatic rings. The van der Waals surface area contributed by atoms with E-state index in [0.717, 1.165) is 60.4 Å². The van der Waals surface area contributed by atoms with Crippen LogP contribution < -0.4 is 15.5 Å². The molecule has 6 aromatic carbocycles. The molecule has 0 aliphatic carbocycles. The number of carbonyl (C=O) groups is 3. The van der Waals surface area contributed by atoms with Gasteiger partial charge in [-0.1, -0.05) is 66.0 Å². The van der Waals surface area contributed by atoms with Gasteiger partial charge < -0.3 is 20.3 Å². The fourth-order valence-corrected chi connectivity index (χ4v) is 9.96. The third-order valence-electron chi connectivity index (χ3n) is 11.3. The molecule has 320 valence electrons. The molecule has 2 N–H and O–H groups in total. The van der Waals surface area contributed by atoms with Crippen LogP contribution in [0, 0.1) is 22.7 Å². The molecule has 1 fully saturated rings. The molecular formula is C52H41N7O4S2. The van der Waals surface area contributed by atoms with Crippen LogP contribution in [0.4, 0.5) is 17.1 Å². The molecule has 0 spiro atoms. The second-order valence-corrected chi connectivity index (χ2v) is 17.7. The Bertz CT molecular complexity index is 3010. The highest BCUT2D eigenvalue weighted by Crippen LogP contribution is 2.44. The zero-order valence-electron chi connectivity index (χ0n) is 35.3. The lowest BCUT2D eigenvalue weighted by Crippen LogP contribution is -2.47. The average molecular weight is 892 g/mol. The highest BCUT2D eigenvalue weighted by Gasteiger charge is 2.31. The summed E-state index contributed by atoms with van der Waals surface area (Å²) in [7, 11) is 0. The van der Waals surface area contributed by atoms with E-state index in [1.807, 2.05) is 85.8 Å². The van der Waals surface area contributed by atoms with E-state index in [2.05, 4.69) is 22.8 Å². The molecule has 0 bridgehead atoms. The van der Waals surface area contributed by atoms with Crippen molar-refractivity contribution < 1.29 is 19.1 Å². The Morgan fingerprint density at radius 3 is 1.92 bits per heavy atom. The summed E-state index contributed by atoms with van der Waals surface area (Å²) in [6.45, 7) is 3.73. The van der Waals surface area contributed by atoms with Crippen LogP contribution in [-0.4, -0.2) is 61.5 Å². The molecule has 6 aromatic rings. The Hall–Kier alpha value is -7.29. The fraction of sp³-hybridized carbons (Fsp3) is 0.173. The minimum atomic E-state index is -0.776. The first-order chi connectivity index (χ1) is 31.8. The van der Waals surface area contributed by atoms with Gasteiger partial charge in [0.1, 0.15) is 6.04 Å². The number of ether oxygens (including phenoxy) is 1. The van der Waals surface area contributed by atoms with E-state index in [1.54, 1.807) is 65.2 Å². The predicted octanol–water partition coefficient (Wildman–Crippen LogP) is 9.78. The number of benzene rings is 6. The van der Waals surface area contributed by atoms with Gasteiger partial charge in [0.05, 0.1) is 52.7 Å². The number of carbonyl (C=O) groups excluding carboxylic acids is 3. The fourth-order valence-electron chi connectivity index (χ4n) is 7.97. The maximum Gasteiger partial charge on any atom is 0.252 e. The van der Waals surface area contributed by atoms with Crippen LogP contribution >= 0.6 is 23.5 Å². The number of aliphatic imine (C=N–C) groups is 2. The van der Waals surface area contributed by atoms with Crippen LogP contribution in [0.25, 0.3) is 0 Å². The molecule has 0 saturated carbocycles. The normalized spacial score (nSPS) is 15.2. The number of hydrogen-bond acceptors (Lipinski definition) is 10. The Balaban J connectivity index is 1.00. The van der Waals surface area contributed by atoms with Crippen molar-refractivity contribution in [3.8, 4) is 12.1 Å². The quantitative estimate of drug-likeness (QED) is 0.128. The Labute approximate surface area is 385 Å². The zero-order chi connectivity index (χ0) is 44.9. The molecule has 9 rings (SSSR count). The van der Waals surface area contributed by atoms with Gasteiger partial charge in [0.25, 0.3) is 11.8 Å². The zero-order valence-corrected chi connectivity index (χ0v) is 37.0. The van der Waals surface area contributed by atoms with Gasteiger partial charge in [-0.25, -0.2) is 9.98 Å². The van der Waals surface area contributed by atoms with Crippen LogP contribution in [0.5, 0.6) is 0 Å². The minimum absolute atomic E-state index is 0.209. The summed E-state index contributed by atoms with van der Waals surface area (Å²) < 4.78 is 5.39. The van der Waals surface area contributed by atoms with E-state index in [1.165, 1.54) is 11.8 Å². The summed E-state index contributed by atoms with van der Waals surface area (Å²) in [4.78, 5) is 57.5. The van der Waals surface area contributed by atoms with Gasteiger partial charge in [-0.05, 0) is 111 Å². The largest absolute Gasteiger partial charge is 0.380 e. The molecule has 0 radical (unpaired) electrons. The standard InChI is InChI=1S/C52H41N7O4S2/c1-2-63-26-24-55-50(60)36-18-21-47-42(27-36)57-49(35-16-12-33(31-54)13-17-35)40-29-38(20-23-45(40)65-47)59-25-6-5-8-41(52(59)62)58-51(61)37-19-22-46-43(28-37)56-48(34-14-10-32(30-53)11-15-34)39-7-3-4-9-44(39)64-46/h3-4,7,9-23,27-29,41H,2,5-6,8,24-26H2,1H3,(H,55,60)(H,58,61). The van der Waals surface area contributed by atoms with Crippen molar-refractivity contribution in [2.24, 2.45) is 9.98 Å². The first-order valence-electron chi connectivity index (χ1n) is 21.3. The lowest BCUT2D eigenvalue weighted by atomic mass is 9.99. The smallest absolute Gasteiger partial charge is 0.252 e. The van der Waals surface area contributed by atoms with Gasteiger partial charge in [-0.15, -0.1) is 0 Å². The second-order valence-electron chi connectivity index (χ2n) is 15.5. The predicted molar refractivity (Wildman–Crippen MR) is 253 cm³/mol. The topological polar surface area (TPSA) is 160 Å². The minimum Gasteiger partial charge on any atom is -0.380 e. The number of nitrogens with one attached hydrogen (secondary N) is 2. The summed E-state index contributed by atoms with van der Waals surface area (Å²) in [5.41, 5.74) is 8.57. The Morgan fingerprint density at radius 2 is 1.29 bits per heavy atom. The first-order valence-corrected chi connectivity index (χ1v) is 23.0. The molecule has 1 saturated heterocycles. The summed E-state index contributed by atoms with van der Waals surface area (Å²) in [5.74, 6) is -0.810. The van der Waals surface area contributed by atoms with E-state index in [4.69, 9.17) is 14.7 Å². The van der Waals surface area contributed by atoms with Crippen molar-refractivity contribution in [1.82, 2.24) is 10.6 Å². The summed E-state index contributed by atoms with van der Waals surface area (Å²) in [5, 5.41) is 24.9. The maximum absolute atomic E-state index is 14.6. The molecule has 3 heterocycles. The van der Waals surface area contributed by atoms with E-state index >= 15 is 0 Å². The van der Waals surface area contributed by atoms with Crippen LogP contribution in [-0.2, 0) is 9.53 Å². The van der Waals surface area contributed by atoms with Crippen molar-refractivity contribution in [3.05, 3.63) is 172 Å². The Morgan fingerprint density at radius 1 is 0.708 bits per heavy atom. The van der Waals surface area contributed by atoms with Gasteiger partial charge in [0.15, 0.2) is 0 Å². The van der Waals surface area contributed by atoms with Crippen molar-refractivity contribution in [1.29, 1.82) is 10.5 Å². The van der Waals surface area contributed by atoms with Gasteiger partial charge >= 0.3 is 0 Å². The van der Waals surface area contributed by atoms with Crippen LogP contribution in [0.15, 0.2) is 157 Å². The van der Waals surface area contributed by atoms with Crippen molar-refractivity contribution in [2.75, 3.05) is 31.2 Å². The maximum atomic E-state index is 14.6. The molecule has 3 amide bonds. The number of fused-ring (bicyclic) bond motifs is 4. The van der Waals surface area contributed by atoms with Gasteiger partial charge in [-0.3, -0.25) is 14.4 Å². The van der Waals surface area contributed by atoms with Crippen LogP contribution in [0.1, 0.15) is 80.3 Å². The number of nitrogens with zero attached hydrogens (tertiary/aromatic N) is 5. The molecule has 0 aromatic heterocycles. The van der Waals surface area contributed by atoms with Crippen LogP contribution in [0.2, 0.25) is 0 Å².